The molecule has 3 aromatic rings. The number of fused-ring (bicyclic) bond motifs is 1. The van der Waals surface area contributed by atoms with Gasteiger partial charge in [0.05, 0.1) is 6.42 Å². The molecule has 0 saturated heterocycles. The zero-order valence-electron chi connectivity index (χ0n) is 9.76. The van der Waals surface area contributed by atoms with E-state index in [-0.39, 0.29) is 0 Å². The van der Waals surface area contributed by atoms with Crippen LogP contribution in [0, 0.1) is 18.3 Å². The van der Waals surface area contributed by atoms with Gasteiger partial charge in [-0.15, -0.1) is 11.3 Å². The van der Waals surface area contributed by atoms with E-state index in [9.17, 15) is 0 Å². The van der Waals surface area contributed by atoms with E-state index in [0.717, 1.165) is 5.56 Å². The molecule has 3 rings (SSSR count). The molecule has 85 valence electrons. The molecule has 0 aliphatic carbocycles. The molecule has 0 fully saturated rings. The first-order valence-corrected chi connectivity index (χ1v) is 6.62. The highest BCUT2D eigenvalue weighted by molar-refractivity contribution is 7.19. The Morgan fingerprint density at radius 2 is 1.67 bits per heavy atom. The van der Waals surface area contributed by atoms with Crippen LogP contribution in [0.2, 0.25) is 0 Å². The van der Waals surface area contributed by atoms with Crippen molar-refractivity contribution >= 4 is 21.4 Å². The van der Waals surface area contributed by atoms with Crippen LogP contribution in [-0.4, -0.2) is 0 Å². The van der Waals surface area contributed by atoms with Gasteiger partial charge in [-0.2, -0.15) is 0 Å². The summed E-state index contributed by atoms with van der Waals surface area (Å²) in [6.07, 6.45) is 1.98. The standard InChI is InChI=1S/C17H11S/c1-2-7-14(8-3-1)9-6-11-16-13-15-10-4-5-12-17(15)18-16/h1-5,7-8,10-13H. The van der Waals surface area contributed by atoms with Crippen molar-refractivity contribution < 1.29 is 0 Å². The van der Waals surface area contributed by atoms with Gasteiger partial charge in [0, 0.05) is 15.1 Å². The highest BCUT2D eigenvalue weighted by Crippen LogP contribution is 2.25. The van der Waals surface area contributed by atoms with Gasteiger partial charge in [0.2, 0.25) is 0 Å². The van der Waals surface area contributed by atoms with Crippen molar-refractivity contribution in [3.8, 4) is 11.8 Å². The van der Waals surface area contributed by atoms with Crippen molar-refractivity contribution in [2.24, 2.45) is 0 Å². The Morgan fingerprint density at radius 3 is 2.50 bits per heavy atom. The third-order valence-corrected chi connectivity index (χ3v) is 3.71. The molecular weight excluding hydrogens is 236 g/mol. The minimum Gasteiger partial charge on any atom is -0.139 e. The molecule has 0 aliphatic heterocycles. The topological polar surface area (TPSA) is 0 Å². The zero-order chi connectivity index (χ0) is 12.2. The van der Waals surface area contributed by atoms with Crippen LogP contribution >= 0.6 is 11.3 Å². The molecule has 18 heavy (non-hydrogen) atoms. The smallest absolute Gasteiger partial charge is 0.0736 e. The molecule has 1 heterocycles. The summed E-state index contributed by atoms with van der Waals surface area (Å²) in [5.41, 5.74) is 1.05. The van der Waals surface area contributed by atoms with Gasteiger partial charge in [-0.1, -0.05) is 48.2 Å². The first-order chi connectivity index (χ1) is 8.92. The third kappa shape index (κ3) is 2.45. The molecule has 0 N–H and O–H groups in total. The summed E-state index contributed by atoms with van der Waals surface area (Å²) in [5.74, 6) is 6.25. The van der Waals surface area contributed by atoms with Gasteiger partial charge in [-0.3, -0.25) is 0 Å². The molecule has 0 atom stereocenters. The highest BCUT2D eigenvalue weighted by Gasteiger charge is 1.99. The van der Waals surface area contributed by atoms with Gasteiger partial charge in [-0.05, 0) is 29.7 Å². The maximum absolute atomic E-state index is 3.14. The van der Waals surface area contributed by atoms with Crippen molar-refractivity contribution in [3.05, 3.63) is 77.5 Å². The number of hydrogen-bond donors (Lipinski definition) is 0. The molecular formula is C17H11S. The summed E-state index contributed by atoms with van der Waals surface area (Å²) in [7, 11) is 0. The summed E-state index contributed by atoms with van der Waals surface area (Å²) in [5, 5.41) is 1.29. The lowest BCUT2D eigenvalue weighted by molar-refractivity contribution is 1.64. The average Bonchev–Trinajstić information content (AvgIpc) is 2.82. The largest absolute Gasteiger partial charge is 0.139 e. The third-order valence-electron chi connectivity index (χ3n) is 2.65. The van der Waals surface area contributed by atoms with Crippen LogP contribution in [0.3, 0.4) is 0 Å². The summed E-state index contributed by atoms with van der Waals surface area (Å²) in [6.45, 7) is 0. The zero-order valence-corrected chi connectivity index (χ0v) is 10.6. The van der Waals surface area contributed by atoms with E-state index in [0.29, 0.717) is 0 Å². The van der Waals surface area contributed by atoms with Crippen LogP contribution in [0.1, 0.15) is 10.4 Å². The lowest BCUT2D eigenvalue weighted by Gasteiger charge is -1.86. The van der Waals surface area contributed by atoms with Crippen LogP contribution in [0.4, 0.5) is 0 Å². The summed E-state index contributed by atoms with van der Waals surface area (Å²) in [4.78, 5) is 1.21. The summed E-state index contributed by atoms with van der Waals surface area (Å²) >= 11 is 1.77. The fourth-order valence-electron chi connectivity index (χ4n) is 1.79. The molecule has 0 saturated carbocycles. The normalized spacial score (nSPS) is 10.0. The Labute approximate surface area is 111 Å². The minimum absolute atomic E-state index is 1.05. The molecule has 0 nitrogen and oxygen atoms in total. The van der Waals surface area contributed by atoms with Gasteiger partial charge in [0.1, 0.15) is 0 Å². The van der Waals surface area contributed by atoms with E-state index in [2.05, 4.69) is 42.2 Å². The second kappa shape index (κ2) is 5.08. The Hall–Kier alpha value is -2.04. The number of benzene rings is 2. The van der Waals surface area contributed by atoms with Gasteiger partial charge in [-0.25, -0.2) is 0 Å². The highest BCUT2D eigenvalue weighted by atomic mass is 32.1. The van der Waals surface area contributed by atoms with Gasteiger partial charge in [0.25, 0.3) is 0 Å². The molecule has 0 aliphatic rings. The van der Waals surface area contributed by atoms with Crippen LogP contribution in [0.5, 0.6) is 0 Å². The average molecular weight is 247 g/mol. The second-order valence-corrected chi connectivity index (χ2v) is 5.08. The van der Waals surface area contributed by atoms with E-state index < -0.39 is 0 Å². The maximum Gasteiger partial charge on any atom is 0.0736 e. The van der Waals surface area contributed by atoms with Crippen molar-refractivity contribution in [2.75, 3.05) is 0 Å². The first kappa shape index (κ1) is 11.1. The quantitative estimate of drug-likeness (QED) is 0.555. The van der Waals surface area contributed by atoms with Crippen LogP contribution in [-0.2, 0) is 0 Å². The molecule has 0 amide bonds. The Kier molecular flexibility index (Phi) is 3.12. The predicted molar refractivity (Wildman–Crippen MR) is 78.5 cm³/mol. The number of thiophene rings is 1. The lowest BCUT2D eigenvalue weighted by atomic mass is 10.2. The summed E-state index contributed by atoms with van der Waals surface area (Å²) < 4.78 is 1.31. The molecule has 0 unspecified atom stereocenters. The van der Waals surface area contributed by atoms with Crippen LogP contribution < -0.4 is 0 Å². The van der Waals surface area contributed by atoms with Crippen LogP contribution in [0.25, 0.3) is 10.1 Å². The second-order valence-electron chi connectivity index (χ2n) is 3.97. The lowest BCUT2D eigenvalue weighted by Crippen LogP contribution is -1.72. The fourth-order valence-corrected chi connectivity index (χ4v) is 2.73. The predicted octanol–water partition coefficient (Wildman–Crippen LogP) is 4.51. The Morgan fingerprint density at radius 1 is 0.889 bits per heavy atom. The fraction of sp³-hybridized carbons (Fsp3) is 0. The van der Waals surface area contributed by atoms with Gasteiger partial charge >= 0.3 is 0 Å². The minimum atomic E-state index is 1.05. The van der Waals surface area contributed by atoms with E-state index in [1.54, 1.807) is 11.3 Å². The monoisotopic (exact) mass is 247 g/mol. The summed E-state index contributed by atoms with van der Waals surface area (Å²) in [6, 6.07) is 20.6. The van der Waals surface area contributed by atoms with Crippen molar-refractivity contribution in [1.82, 2.24) is 0 Å². The Bertz CT molecular complexity index is 678. The molecule has 0 spiro atoms. The van der Waals surface area contributed by atoms with Gasteiger partial charge < -0.3 is 0 Å². The Balaban J connectivity index is 1.79. The van der Waals surface area contributed by atoms with Crippen molar-refractivity contribution in [3.63, 3.8) is 0 Å². The molecule has 2 aromatic carbocycles. The van der Waals surface area contributed by atoms with E-state index >= 15 is 0 Å². The van der Waals surface area contributed by atoms with Crippen molar-refractivity contribution in [2.45, 2.75) is 0 Å². The first-order valence-electron chi connectivity index (χ1n) is 5.80. The van der Waals surface area contributed by atoms with Gasteiger partial charge in [0.15, 0.2) is 0 Å². The SMILES string of the molecule is C(#Cc1ccccc1)[CH]c1cc2ccccc2s1. The molecule has 1 radical (unpaired) electrons. The van der Waals surface area contributed by atoms with E-state index in [4.69, 9.17) is 0 Å². The molecule has 1 aromatic heterocycles. The maximum atomic E-state index is 3.14. The van der Waals surface area contributed by atoms with E-state index in [1.165, 1.54) is 15.0 Å². The van der Waals surface area contributed by atoms with E-state index in [1.807, 2.05) is 36.8 Å². The number of rotatable bonds is 1. The molecule has 0 bridgehead atoms. The van der Waals surface area contributed by atoms with Crippen LogP contribution in [0.15, 0.2) is 60.7 Å². The molecule has 1 heteroatoms. The van der Waals surface area contributed by atoms with Crippen molar-refractivity contribution in [1.29, 1.82) is 0 Å². The number of hydrogen-bond acceptors (Lipinski definition) is 1.